The van der Waals surface area contributed by atoms with Crippen LogP contribution < -0.4 is 25.2 Å². The second-order valence-corrected chi connectivity index (χ2v) is 8.15. The number of ether oxygens (including phenoxy) is 3. The van der Waals surface area contributed by atoms with Gasteiger partial charge in [-0.25, -0.2) is 4.79 Å². The maximum absolute atomic E-state index is 12.8. The van der Waals surface area contributed by atoms with E-state index in [0.29, 0.717) is 34.0 Å². The topological polar surface area (TPSA) is 87.0 Å². The lowest BCUT2D eigenvalue weighted by Gasteiger charge is -2.20. The van der Waals surface area contributed by atoms with Crippen molar-refractivity contribution in [3.8, 4) is 17.2 Å². The van der Waals surface area contributed by atoms with Crippen LogP contribution in [-0.4, -0.2) is 27.2 Å². The van der Waals surface area contributed by atoms with E-state index in [2.05, 4.69) is 26.1 Å². The smallest absolute Gasteiger partial charge is 0.336 e. The Labute approximate surface area is 180 Å². The van der Waals surface area contributed by atoms with Crippen molar-refractivity contribution >= 4 is 16.9 Å². The van der Waals surface area contributed by atoms with Gasteiger partial charge in [-0.05, 0) is 40.8 Å². The zero-order chi connectivity index (χ0) is 22.8. The first kappa shape index (κ1) is 22.2. The third-order valence-electron chi connectivity index (χ3n) is 5.06. The summed E-state index contributed by atoms with van der Waals surface area (Å²) >= 11 is 0. The van der Waals surface area contributed by atoms with Gasteiger partial charge < -0.3 is 23.9 Å². The molecule has 0 bridgehead atoms. The molecule has 3 rings (SSSR count). The Bertz CT molecular complexity index is 1150. The first-order chi connectivity index (χ1) is 14.7. The molecule has 7 heteroatoms. The molecule has 1 aromatic heterocycles. The molecule has 0 saturated carbocycles. The number of benzene rings is 2. The number of hydrogen-bond donors (Lipinski definition) is 1. The van der Waals surface area contributed by atoms with E-state index in [1.807, 2.05) is 12.1 Å². The molecular formula is C24H27NO6. The average molecular weight is 425 g/mol. The van der Waals surface area contributed by atoms with Gasteiger partial charge in [0.25, 0.3) is 5.91 Å². The molecule has 2 aromatic carbocycles. The van der Waals surface area contributed by atoms with Crippen LogP contribution in [0.15, 0.2) is 45.6 Å². The summed E-state index contributed by atoms with van der Waals surface area (Å²) in [6.07, 6.45) is 0. The zero-order valence-corrected chi connectivity index (χ0v) is 18.6. The van der Waals surface area contributed by atoms with E-state index in [-0.39, 0.29) is 17.9 Å². The summed E-state index contributed by atoms with van der Waals surface area (Å²) in [7, 11) is 4.47. The van der Waals surface area contributed by atoms with Crippen LogP contribution in [0, 0.1) is 0 Å². The molecule has 0 saturated heterocycles. The average Bonchev–Trinajstić information content (AvgIpc) is 2.74. The number of carbonyl (C=O) groups excluding carboxylic acids is 1. The molecule has 1 amide bonds. The van der Waals surface area contributed by atoms with Crippen molar-refractivity contribution in [2.75, 3.05) is 21.3 Å². The Morgan fingerprint density at radius 2 is 1.61 bits per heavy atom. The molecule has 0 aliphatic rings. The Morgan fingerprint density at radius 3 is 2.16 bits per heavy atom. The molecular weight excluding hydrogens is 398 g/mol. The monoisotopic (exact) mass is 425 g/mol. The van der Waals surface area contributed by atoms with Crippen LogP contribution in [-0.2, 0) is 12.0 Å². The van der Waals surface area contributed by atoms with Gasteiger partial charge in [-0.1, -0.05) is 26.8 Å². The van der Waals surface area contributed by atoms with E-state index in [4.69, 9.17) is 18.6 Å². The summed E-state index contributed by atoms with van der Waals surface area (Å²) in [5.41, 5.74) is 2.08. The second kappa shape index (κ2) is 8.71. The van der Waals surface area contributed by atoms with Crippen LogP contribution in [0.1, 0.15) is 42.3 Å². The molecule has 164 valence electrons. The minimum atomic E-state index is -0.465. The summed E-state index contributed by atoms with van der Waals surface area (Å²) in [5, 5.41) is 3.65. The quantitative estimate of drug-likeness (QED) is 0.600. The zero-order valence-electron chi connectivity index (χ0n) is 18.6. The largest absolute Gasteiger partial charge is 0.493 e. The molecule has 1 heterocycles. The highest BCUT2D eigenvalue weighted by Crippen LogP contribution is 2.38. The summed E-state index contributed by atoms with van der Waals surface area (Å²) < 4.78 is 21.3. The highest BCUT2D eigenvalue weighted by molar-refractivity contribution is 5.96. The van der Waals surface area contributed by atoms with Gasteiger partial charge in [-0.2, -0.15) is 0 Å². The summed E-state index contributed by atoms with van der Waals surface area (Å²) in [4.78, 5) is 24.8. The van der Waals surface area contributed by atoms with Crippen molar-refractivity contribution in [2.24, 2.45) is 0 Å². The van der Waals surface area contributed by atoms with Gasteiger partial charge in [0, 0.05) is 23.6 Å². The Morgan fingerprint density at radius 1 is 0.968 bits per heavy atom. The number of rotatable bonds is 6. The van der Waals surface area contributed by atoms with E-state index in [1.165, 1.54) is 27.4 Å². The Kier molecular flexibility index (Phi) is 6.24. The lowest BCUT2D eigenvalue weighted by molar-refractivity contribution is 0.0950. The molecule has 0 unspecified atom stereocenters. The molecule has 1 N–H and O–H groups in total. The van der Waals surface area contributed by atoms with Gasteiger partial charge in [0.05, 0.1) is 21.3 Å². The lowest BCUT2D eigenvalue weighted by atomic mass is 9.86. The molecule has 0 atom stereocenters. The molecule has 7 nitrogen and oxygen atoms in total. The predicted octanol–water partition coefficient (Wildman–Crippen LogP) is 4.05. The van der Waals surface area contributed by atoms with Crippen LogP contribution in [0.4, 0.5) is 0 Å². The fraction of sp³-hybridized carbons (Fsp3) is 0.333. The van der Waals surface area contributed by atoms with Crippen molar-refractivity contribution in [1.82, 2.24) is 5.32 Å². The number of hydrogen-bond acceptors (Lipinski definition) is 6. The van der Waals surface area contributed by atoms with E-state index >= 15 is 0 Å². The molecule has 0 radical (unpaired) electrons. The number of carbonyl (C=O) groups is 1. The number of amides is 1. The third kappa shape index (κ3) is 4.66. The van der Waals surface area contributed by atoms with Crippen LogP contribution >= 0.6 is 0 Å². The highest BCUT2D eigenvalue weighted by Gasteiger charge is 2.18. The molecule has 0 aliphatic carbocycles. The molecule has 0 aliphatic heterocycles. The SMILES string of the molecule is COc1cc(C(=O)NCc2cc(=O)oc3ccc(C(C)(C)C)cc23)cc(OC)c1OC. The van der Waals surface area contributed by atoms with Crippen molar-refractivity contribution in [2.45, 2.75) is 32.7 Å². The van der Waals surface area contributed by atoms with Crippen molar-refractivity contribution in [1.29, 1.82) is 0 Å². The fourth-order valence-electron chi connectivity index (χ4n) is 3.33. The molecule has 3 aromatic rings. The van der Waals surface area contributed by atoms with E-state index in [9.17, 15) is 9.59 Å². The minimum absolute atomic E-state index is 0.0684. The number of fused-ring (bicyclic) bond motifs is 1. The Hall–Kier alpha value is -3.48. The molecule has 0 spiro atoms. The standard InChI is InChI=1S/C24H27NO6/c1-24(2,3)16-7-8-18-17(12-16)15(11-21(26)31-18)13-25-23(27)14-9-19(28-4)22(30-6)20(10-14)29-5/h7-12H,13H2,1-6H3,(H,25,27). The Balaban J connectivity index is 1.94. The summed E-state index contributed by atoms with van der Waals surface area (Å²) in [6.45, 7) is 6.49. The van der Waals surface area contributed by atoms with Crippen LogP contribution in [0.2, 0.25) is 0 Å². The van der Waals surface area contributed by atoms with Crippen LogP contribution in [0.3, 0.4) is 0 Å². The van der Waals surface area contributed by atoms with E-state index in [0.717, 1.165) is 10.9 Å². The van der Waals surface area contributed by atoms with Gasteiger partial charge in [-0.3, -0.25) is 4.79 Å². The first-order valence-corrected chi connectivity index (χ1v) is 9.83. The van der Waals surface area contributed by atoms with Gasteiger partial charge in [0.1, 0.15) is 5.58 Å². The predicted molar refractivity (Wildman–Crippen MR) is 118 cm³/mol. The molecule has 31 heavy (non-hydrogen) atoms. The first-order valence-electron chi connectivity index (χ1n) is 9.83. The van der Waals surface area contributed by atoms with Crippen molar-refractivity contribution in [3.05, 3.63) is 63.5 Å². The second-order valence-electron chi connectivity index (χ2n) is 8.15. The van der Waals surface area contributed by atoms with Gasteiger partial charge >= 0.3 is 5.63 Å². The lowest BCUT2D eigenvalue weighted by Crippen LogP contribution is -2.23. The normalized spacial score (nSPS) is 11.3. The number of methoxy groups -OCH3 is 3. The number of nitrogens with one attached hydrogen (secondary N) is 1. The maximum Gasteiger partial charge on any atom is 0.336 e. The summed E-state index contributed by atoms with van der Waals surface area (Å²) in [6, 6.07) is 10.3. The van der Waals surface area contributed by atoms with Crippen molar-refractivity contribution in [3.63, 3.8) is 0 Å². The van der Waals surface area contributed by atoms with Gasteiger partial charge in [-0.15, -0.1) is 0 Å². The minimum Gasteiger partial charge on any atom is -0.493 e. The fourth-order valence-corrected chi connectivity index (χ4v) is 3.33. The van der Waals surface area contributed by atoms with E-state index in [1.54, 1.807) is 18.2 Å². The van der Waals surface area contributed by atoms with E-state index < -0.39 is 5.63 Å². The third-order valence-corrected chi connectivity index (χ3v) is 5.06. The van der Waals surface area contributed by atoms with Gasteiger partial charge in [0.15, 0.2) is 11.5 Å². The molecule has 0 fully saturated rings. The summed E-state index contributed by atoms with van der Waals surface area (Å²) in [5.74, 6) is 0.829. The highest BCUT2D eigenvalue weighted by atomic mass is 16.5. The van der Waals surface area contributed by atoms with Gasteiger partial charge in [0.2, 0.25) is 5.75 Å². The maximum atomic E-state index is 12.8. The van der Waals surface area contributed by atoms with Crippen LogP contribution in [0.5, 0.6) is 17.2 Å². The van der Waals surface area contributed by atoms with Crippen LogP contribution in [0.25, 0.3) is 11.0 Å². The van der Waals surface area contributed by atoms with Crippen molar-refractivity contribution < 1.29 is 23.4 Å².